The molecule has 0 aliphatic rings. The van der Waals surface area contributed by atoms with Crippen LogP contribution in [0.1, 0.15) is 1.43 Å². The van der Waals surface area contributed by atoms with Gasteiger partial charge in [0.25, 0.3) is 0 Å². The normalized spacial score (nSPS) is 10.2. The van der Waals surface area contributed by atoms with Gasteiger partial charge in [-0.15, -0.1) is 0 Å². The van der Waals surface area contributed by atoms with Crippen LogP contribution in [-0.2, 0) is 14.4 Å². The smallest absolute Gasteiger partial charge is 1.00 e. The fourth-order valence-electron chi connectivity index (χ4n) is 0.761. The number of carboxylic acids is 3. The molecule has 82 valence electrons. The third-order valence-corrected chi connectivity index (χ3v) is 1.50. The van der Waals surface area contributed by atoms with E-state index in [1.54, 1.807) is 0 Å². The van der Waals surface area contributed by atoms with Crippen LogP contribution in [0.3, 0.4) is 0 Å². The van der Waals surface area contributed by atoms with Crippen molar-refractivity contribution in [2.24, 2.45) is 5.73 Å². The monoisotopic (exact) mass is 230 g/mol. The fourth-order valence-corrected chi connectivity index (χ4v) is 0.761. The van der Waals surface area contributed by atoms with Gasteiger partial charge in [-0.05, 0) is 0 Å². The van der Waals surface area contributed by atoms with Crippen molar-refractivity contribution in [3.8, 4) is 0 Å². The predicted octanol–water partition coefficient (Wildman–Crippen LogP) is -5.36. The molecule has 9 heteroatoms. The van der Waals surface area contributed by atoms with Gasteiger partial charge in [-0.2, -0.15) is 0 Å². The Balaban J connectivity index is -0.000000845. The minimum absolute atomic E-state index is 0. The van der Waals surface area contributed by atoms with E-state index in [4.69, 9.17) is 21.1 Å². The van der Waals surface area contributed by atoms with Gasteiger partial charge in [0.05, 0.1) is 0 Å². The summed E-state index contributed by atoms with van der Waals surface area (Å²) in [7, 11) is 0. The van der Waals surface area contributed by atoms with E-state index in [0.29, 0.717) is 0 Å². The molecule has 0 rings (SSSR count). The summed E-state index contributed by atoms with van der Waals surface area (Å²) in [6.45, 7) is -0.305. The molecule has 0 aliphatic carbocycles. The zero-order valence-electron chi connectivity index (χ0n) is 9.06. The topological polar surface area (TPSA) is 150 Å². The molecule has 0 spiro atoms. The maximum Gasteiger partial charge on any atom is 1.00 e. The van der Waals surface area contributed by atoms with E-state index < -0.39 is 23.4 Å². The van der Waals surface area contributed by atoms with Crippen molar-refractivity contribution in [2.75, 3.05) is 13.1 Å². The first-order chi connectivity index (χ1) is 6.39. The summed E-state index contributed by atoms with van der Waals surface area (Å²) in [5.74, 6) is -5.98. The van der Waals surface area contributed by atoms with Crippen LogP contribution >= 0.6 is 0 Å². The number of aliphatic carboxylic acids is 3. The molecule has 0 heterocycles. The maximum atomic E-state index is 10.5. The Morgan fingerprint density at radius 2 is 1.47 bits per heavy atom. The summed E-state index contributed by atoms with van der Waals surface area (Å²) < 4.78 is 0. The molecule has 0 aromatic heterocycles. The summed E-state index contributed by atoms with van der Waals surface area (Å²) in [6.07, 6.45) is 0. The van der Waals surface area contributed by atoms with Crippen molar-refractivity contribution in [3.05, 3.63) is 0 Å². The number of carbonyl (C=O) groups is 3. The molecule has 0 fully saturated rings. The van der Waals surface area contributed by atoms with Crippen molar-refractivity contribution in [1.29, 1.82) is 0 Å². The summed E-state index contributed by atoms with van der Waals surface area (Å²) in [5, 5.41) is 27.4. The molecular weight excluding hydrogens is 219 g/mol. The largest absolute Gasteiger partial charge is 1.00 e. The molecule has 15 heavy (non-hydrogen) atoms. The van der Waals surface area contributed by atoms with E-state index in [2.05, 4.69) is 0 Å². The molecule has 8 nitrogen and oxygen atoms in total. The average molecular weight is 230 g/mol. The number of hydrogen-bond donors (Lipinski definition) is 5. The minimum atomic E-state index is -3.03. The van der Waals surface area contributed by atoms with Crippen LogP contribution < -0.4 is 40.6 Å². The zero-order valence-corrected chi connectivity index (χ0v) is 10.1. The molecular formula is C6H11N2NaO6. The van der Waals surface area contributed by atoms with Crippen molar-refractivity contribution in [1.82, 2.24) is 5.32 Å². The molecule has 0 saturated heterocycles. The molecule has 0 aromatic carbocycles. The van der Waals surface area contributed by atoms with Crippen LogP contribution in [0.25, 0.3) is 0 Å². The Morgan fingerprint density at radius 3 is 1.67 bits per heavy atom. The Hall–Kier alpha value is -0.670. The number of nitrogens with one attached hydrogen (secondary N) is 1. The van der Waals surface area contributed by atoms with Crippen molar-refractivity contribution in [2.45, 2.75) is 5.54 Å². The van der Waals surface area contributed by atoms with Gasteiger partial charge in [-0.3, -0.25) is 5.32 Å². The van der Waals surface area contributed by atoms with Crippen LogP contribution in [0.5, 0.6) is 0 Å². The first kappa shape index (κ1) is 16.7. The molecule has 0 bridgehead atoms. The van der Waals surface area contributed by atoms with Gasteiger partial charge >= 0.3 is 53.0 Å². The molecule has 0 amide bonds. The molecule has 0 unspecified atom stereocenters. The molecule has 0 atom stereocenters. The van der Waals surface area contributed by atoms with Gasteiger partial charge in [-0.1, -0.05) is 0 Å². The summed E-state index contributed by atoms with van der Waals surface area (Å²) in [6, 6.07) is 0. The van der Waals surface area contributed by atoms with Crippen LogP contribution in [0.2, 0.25) is 0 Å². The number of nitrogens with two attached hydrogens (primary N) is 1. The fraction of sp³-hybridized carbons (Fsp3) is 0.500. The van der Waals surface area contributed by atoms with Crippen molar-refractivity contribution < 1.29 is 60.7 Å². The van der Waals surface area contributed by atoms with Crippen LogP contribution in [0, 0.1) is 0 Å². The predicted molar refractivity (Wildman–Crippen MR) is 43.8 cm³/mol. The van der Waals surface area contributed by atoms with E-state index in [1.165, 1.54) is 0 Å². The zero-order chi connectivity index (χ0) is 11.4. The van der Waals surface area contributed by atoms with E-state index in [-0.39, 0.29) is 44.1 Å². The summed E-state index contributed by atoms with van der Waals surface area (Å²) >= 11 is 0. The van der Waals surface area contributed by atoms with E-state index in [1.807, 2.05) is 5.32 Å². The number of hydrogen-bond acceptors (Lipinski definition) is 5. The Kier molecular flexibility index (Phi) is 7.53. The van der Waals surface area contributed by atoms with Gasteiger partial charge < -0.3 is 22.5 Å². The SMILES string of the molecule is NCCNC(C(=O)O)(C(=O)O)C(=O)O.[H-].[Na+]. The van der Waals surface area contributed by atoms with Crippen LogP contribution in [-0.4, -0.2) is 51.9 Å². The standard InChI is InChI=1S/C6H10N2O6.Na.H/c7-1-2-8-6(3(9)10,4(11)12)5(13)14;;/h8H,1-2,7H2,(H,9,10)(H,11,12)(H,13,14);;/q;+1;-1. The second kappa shape index (κ2) is 6.75. The third kappa shape index (κ3) is 3.43. The molecule has 0 saturated carbocycles. The van der Waals surface area contributed by atoms with Gasteiger partial charge in [-0.25, -0.2) is 14.4 Å². The van der Waals surface area contributed by atoms with Gasteiger partial charge in [0.2, 0.25) is 0 Å². The van der Waals surface area contributed by atoms with E-state index >= 15 is 0 Å². The first-order valence-corrected chi connectivity index (χ1v) is 3.54. The average Bonchev–Trinajstić information content (AvgIpc) is 2.03. The summed E-state index contributed by atoms with van der Waals surface area (Å²) in [4.78, 5) is 31.6. The first-order valence-electron chi connectivity index (χ1n) is 3.54. The third-order valence-electron chi connectivity index (χ3n) is 1.50. The van der Waals surface area contributed by atoms with E-state index in [9.17, 15) is 14.4 Å². The van der Waals surface area contributed by atoms with Crippen LogP contribution in [0.4, 0.5) is 0 Å². The Labute approximate surface area is 108 Å². The molecule has 0 radical (unpaired) electrons. The summed E-state index contributed by atoms with van der Waals surface area (Å²) in [5.41, 5.74) is 1.97. The maximum absolute atomic E-state index is 10.5. The van der Waals surface area contributed by atoms with Gasteiger partial charge in [0.15, 0.2) is 0 Å². The van der Waals surface area contributed by atoms with Gasteiger partial charge in [0.1, 0.15) is 0 Å². The number of carboxylic acid groups (broad SMARTS) is 3. The van der Waals surface area contributed by atoms with Crippen molar-refractivity contribution >= 4 is 17.9 Å². The Morgan fingerprint density at radius 1 is 1.13 bits per heavy atom. The van der Waals surface area contributed by atoms with Crippen molar-refractivity contribution in [3.63, 3.8) is 0 Å². The molecule has 6 N–H and O–H groups in total. The number of rotatable bonds is 6. The van der Waals surface area contributed by atoms with E-state index in [0.717, 1.165) is 0 Å². The van der Waals surface area contributed by atoms with Gasteiger partial charge in [0, 0.05) is 13.1 Å². The second-order valence-electron chi connectivity index (χ2n) is 2.38. The minimum Gasteiger partial charge on any atom is -1.00 e. The Bertz CT molecular complexity index is 238. The second-order valence-corrected chi connectivity index (χ2v) is 2.38. The molecule has 0 aliphatic heterocycles. The van der Waals surface area contributed by atoms with Crippen LogP contribution in [0.15, 0.2) is 0 Å². The quantitative estimate of drug-likeness (QED) is 0.224. The molecule has 0 aromatic rings.